The summed E-state index contributed by atoms with van der Waals surface area (Å²) in [4.78, 5) is 12.5. The summed E-state index contributed by atoms with van der Waals surface area (Å²) in [5, 5.41) is 11.3. The van der Waals surface area contributed by atoms with Crippen molar-refractivity contribution in [2.75, 3.05) is 21.1 Å². The van der Waals surface area contributed by atoms with Gasteiger partial charge in [0, 0.05) is 17.8 Å². The number of nitrogens with zero attached hydrogens (tertiary/aromatic N) is 2. The number of hydrogen-bond acceptors (Lipinski definition) is 6. The van der Waals surface area contributed by atoms with E-state index in [1.807, 2.05) is 12.1 Å². The number of fused-ring (bicyclic) bond motifs is 2. The summed E-state index contributed by atoms with van der Waals surface area (Å²) < 4.78 is 72.6. The van der Waals surface area contributed by atoms with E-state index in [0.29, 0.717) is 12.1 Å². The standard InChI is InChI=1S/C25H20ClF3N4O4S/c26-18-12-11-16(38(35,36)32-13-5-7-15-6-1-4-10-20(15)32)14-21(18)33-22(30)17-8-2-3-9-19(17)31-24(33)37-23(34)25(27,28)29/h1-4,6,8-12,14,24,30-31H,5,7,13H2. The van der Waals surface area contributed by atoms with E-state index in [1.165, 1.54) is 22.5 Å². The van der Waals surface area contributed by atoms with Gasteiger partial charge in [0.05, 0.1) is 21.3 Å². The van der Waals surface area contributed by atoms with Crippen molar-refractivity contribution < 1.29 is 31.1 Å². The predicted octanol–water partition coefficient (Wildman–Crippen LogP) is 5.13. The molecule has 0 fully saturated rings. The highest BCUT2D eigenvalue weighted by atomic mass is 35.5. The average Bonchev–Trinajstić information content (AvgIpc) is 2.88. The minimum Gasteiger partial charge on any atom is -0.415 e. The van der Waals surface area contributed by atoms with Gasteiger partial charge in [-0.05, 0) is 54.8 Å². The molecule has 198 valence electrons. The van der Waals surface area contributed by atoms with Gasteiger partial charge in [0.2, 0.25) is 0 Å². The normalized spacial score (nSPS) is 17.4. The number of para-hydroxylation sites is 2. The Morgan fingerprint density at radius 1 is 1.05 bits per heavy atom. The van der Waals surface area contributed by atoms with Crippen molar-refractivity contribution in [2.24, 2.45) is 0 Å². The lowest BCUT2D eigenvalue weighted by Crippen LogP contribution is -2.52. The summed E-state index contributed by atoms with van der Waals surface area (Å²) >= 11 is 6.39. The molecule has 0 aromatic heterocycles. The molecular formula is C25H20ClF3N4O4S. The largest absolute Gasteiger partial charge is 0.491 e. The molecule has 0 radical (unpaired) electrons. The van der Waals surface area contributed by atoms with E-state index < -0.39 is 28.5 Å². The first-order valence-corrected chi connectivity index (χ1v) is 13.2. The van der Waals surface area contributed by atoms with Gasteiger partial charge in [0.15, 0.2) is 0 Å². The third-order valence-electron chi connectivity index (χ3n) is 6.22. The number of ether oxygens (including phenoxy) is 1. The van der Waals surface area contributed by atoms with E-state index in [-0.39, 0.29) is 39.2 Å². The molecule has 0 amide bonds. The quantitative estimate of drug-likeness (QED) is 0.426. The molecular weight excluding hydrogens is 545 g/mol. The van der Waals surface area contributed by atoms with E-state index in [9.17, 15) is 26.4 Å². The molecule has 2 heterocycles. The fourth-order valence-electron chi connectivity index (χ4n) is 4.47. The third kappa shape index (κ3) is 4.54. The second-order valence-electron chi connectivity index (χ2n) is 8.59. The number of nitrogens with one attached hydrogen (secondary N) is 2. The van der Waals surface area contributed by atoms with Gasteiger partial charge in [-0.1, -0.05) is 41.9 Å². The highest BCUT2D eigenvalue weighted by Crippen LogP contribution is 2.38. The first-order valence-electron chi connectivity index (χ1n) is 11.4. The topological polar surface area (TPSA) is 103 Å². The molecule has 2 aliphatic rings. The van der Waals surface area contributed by atoms with Gasteiger partial charge in [-0.2, -0.15) is 13.2 Å². The molecule has 1 unspecified atom stereocenters. The third-order valence-corrected chi connectivity index (χ3v) is 8.35. The Labute approximate surface area is 221 Å². The van der Waals surface area contributed by atoms with Gasteiger partial charge in [-0.3, -0.25) is 14.6 Å². The molecule has 0 saturated carbocycles. The predicted molar refractivity (Wildman–Crippen MR) is 136 cm³/mol. The van der Waals surface area contributed by atoms with Gasteiger partial charge in [0.25, 0.3) is 16.4 Å². The minimum absolute atomic E-state index is 0.0676. The van der Waals surface area contributed by atoms with E-state index in [1.54, 1.807) is 30.3 Å². The fourth-order valence-corrected chi connectivity index (χ4v) is 6.24. The van der Waals surface area contributed by atoms with E-state index in [0.717, 1.165) is 23.0 Å². The number of alkyl halides is 3. The number of aryl methyl sites for hydroxylation is 1. The summed E-state index contributed by atoms with van der Waals surface area (Å²) in [5.74, 6) is -2.84. The van der Waals surface area contributed by atoms with Crippen molar-refractivity contribution in [1.29, 1.82) is 5.41 Å². The Hall–Kier alpha value is -3.77. The van der Waals surface area contributed by atoms with Crippen LogP contribution in [0.25, 0.3) is 0 Å². The zero-order chi connectivity index (χ0) is 27.2. The van der Waals surface area contributed by atoms with Crippen LogP contribution in [-0.4, -0.2) is 39.3 Å². The maximum atomic E-state index is 13.7. The number of benzene rings is 3. The van der Waals surface area contributed by atoms with Gasteiger partial charge >= 0.3 is 12.1 Å². The second-order valence-corrected chi connectivity index (χ2v) is 10.9. The van der Waals surface area contributed by atoms with Crippen LogP contribution < -0.4 is 14.5 Å². The van der Waals surface area contributed by atoms with Gasteiger partial charge < -0.3 is 10.1 Å². The molecule has 2 N–H and O–H groups in total. The molecule has 13 heteroatoms. The number of carbonyl (C=O) groups is 1. The van der Waals surface area contributed by atoms with Crippen molar-refractivity contribution in [3.05, 3.63) is 82.9 Å². The average molecular weight is 565 g/mol. The molecule has 2 aliphatic heterocycles. The Morgan fingerprint density at radius 3 is 2.53 bits per heavy atom. The zero-order valence-electron chi connectivity index (χ0n) is 19.5. The Morgan fingerprint density at radius 2 is 1.76 bits per heavy atom. The molecule has 8 nitrogen and oxygen atoms in total. The van der Waals surface area contributed by atoms with Crippen LogP contribution in [0.3, 0.4) is 0 Å². The zero-order valence-corrected chi connectivity index (χ0v) is 21.1. The summed E-state index contributed by atoms with van der Waals surface area (Å²) in [7, 11) is -4.13. The van der Waals surface area contributed by atoms with Gasteiger partial charge in [-0.25, -0.2) is 13.2 Å². The Bertz CT molecular complexity index is 1550. The number of anilines is 3. The summed E-state index contributed by atoms with van der Waals surface area (Å²) in [6.45, 7) is 0.234. The first kappa shape index (κ1) is 25.9. The van der Waals surface area contributed by atoms with Crippen LogP contribution >= 0.6 is 11.6 Å². The summed E-state index contributed by atoms with van der Waals surface area (Å²) in [6.07, 6.45) is -5.82. The van der Waals surface area contributed by atoms with Crippen molar-refractivity contribution in [3.8, 4) is 0 Å². The smallest absolute Gasteiger partial charge is 0.415 e. The van der Waals surface area contributed by atoms with Crippen LogP contribution in [0.15, 0.2) is 71.6 Å². The van der Waals surface area contributed by atoms with Gasteiger partial charge in [0.1, 0.15) is 5.84 Å². The Kier molecular flexibility index (Phi) is 6.48. The van der Waals surface area contributed by atoms with Crippen LogP contribution in [0.1, 0.15) is 17.5 Å². The van der Waals surface area contributed by atoms with E-state index in [2.05, 4.69) is 10.1 Å². The van der Waals surface area contributed by atoms with Crippen molar-refractivity contribution in [3.63, 3.8) is 0 Å². The molecule has 0 spiro atoms. The lowest BCUT2D eigenvalue weighted by molar-refractivity contribution is -0.203. The van der Waals surface area contributed by atoms with Crippen LogP contribution in [-0.2, 0) is 26.0 Å². The number of amidine groups is 1. The summed E-state index contributed by atoms with van der Waals surface area (Å²) in [6, 6.07) is 17.1. The molecule has 3 aromatic rings. The number of hydrogen-bond donors (Lipinski definition) is 2. The van der Waals surface area contributed by atoms with E-state index >= 15 is 0 Å². The van der Waals surface area contributed by atoms with Crippen LogP contribution in [0, 0.1) is 5.41 Å². The van der Waals surface area contributed by atoms with E-state index in [4.69, 9.17) is 17.0 Å². The number of sulfonamides is 1. The number of esters is 1. The van der Waals surface area contributed by atoms with Crippen molar-refractivity contribution in [1.82, 2.24) is 0 Å². The first-order chi connectivity index (χ1) is 18.0. The van der Waals surface area contributed by atoms with Crippen molar-refractivity contribution in [2.45, 2.75) is 30.3 Å². The minimum atomic E-state index is -5.30. The maximum absolute atomic E-state index is 13.7. The second kappa shape index (κ2) is 9.52. The fraction of sp³-hybridized carbons (Fsp3) is 0.200. The summed E-state index contributed by atoms with van der Waals surface area (Å²) in [5.41, 5.74) is 1.80. The molecule has 3 aromatic carbocycles. The molecule has 0 bridgehead atoms. The molecule has 5 rings (SSSR count). The van der Waals surface area contributed by atoms with Gasteiger partial charge in [-0.15, -0.1) is 0 Å². The van der Waals surface area contributed by atoms with Crippen LogP contribution in [0.2, 0.25) is 5.02 Å². The molecule has 0 aliphatic carbocycles. The number of carbonyl (C=O) groups excluding carboxylic acids is 1. The lowest BCUT2D eigenvalue weighted by Gasteiger charge is -2.39. The monoisotopic (exact) mass is 564 g/mol. The molecule has 1 atom stereocenters. The number of rotatable bonds is 4. The highest BCUT2D eigenvalue weighted by Gasteiger charge is 2.45. The lowest BCUT2D eigenvalue weighted by atomic mass is 10.0. The number of halogens is 4. The SMILES string of the molecule is N=C1c2ccccc2NC(OC(=O)C(F)(F)F)N1c1cc(S(=O)(=O)N2CCCc3ccccc32)ccc1Cl. The maximum Gasteiger partial charge on any atom is 0.491 e. The van der Waals surface area contributed by atoms with Crippen LogP contribution in [0.5, 0.6) is 0 Å². The molecule has 0 saturated heterocycles. The molecule has 38 heavy (non-hydrogen) atoms. The van der Waals surface area contributed by atoms with Crippen molar-refractivity contribution >= 4 is 50.5 Å². The highest BCUT2D eigenvalue weighted by molar-refractivity contribution is 7.92. The Balaban J connectivity index is 1.59. The van der Waals surface area contributed by atoms with Crippen LogP contribution in [0.4, 0.5) is 30.2 Å².